The number of carbonyl (C=O) groups excluding carboxylic acids is 1. The molecule has 6 heteroatoms. The van der Waals surface area contributed by atoms with E-state index < -0.39 is 29.8 Å². The van der Waals surface area contributed by atoms with Crippen molar-refractivity contribution in [1.29, 1.82) is 0 Å². The summed E-state index contributed by atoms with van der Waals surface area (Å²) >= 11 is 0. The van der Waals surface area contributed by atoms with Gasteiger partial charge in [0.15, 0.2) is 0 Å². The molecule has 0 radical (unpaired) electrons. The van der Waals surface area contributed by atoms with E-state index in [9.17, 15) is 19.1 Å². The highest BCUT2D eigenvalue weighted by Gasteiger charge is 2.39. The molecule has 96 valence electrons. The number of carboxylic acids is 1. The maximum Gasteiger partial charge on any atom is 0.326 e. The number of carbonyl (C=O) groups is 2. The van der Waals surface area contributed by atoms with Crippen LogP contribution in [-0.2, 0) is 4.79 Å². The number of carboxylic acid groups (broad SMARTS) is 1. The van der Waals surface area contributed by atoms with E-state index in [1.807, 2.05) is 0 Å². The first-order valence-electron chi connectivity index (χ1n) is 5.47. The maximum absolute atomic E-state index is 13.5. The van der Waals surface area contributed by atoms with Crippen LogP contribution in [0.15, 0.2) is 24.3 Å². The molecule has 2 atom stereocenters. The molecule has 1 aliphatic rings. The van der Waals surface area contributed by atoms with E-state index in [2.05, 4.69) is 0 Å². The number of benzene rings is 1. The smallest absolute Gasteiger partial charge is 0.326 e. The highest BCUT2D eigenvalue weighted by atomic mass is 19.1. The molecule has 1 aliphatic heterocycles. The Balaban J connectivity index is 2.28. The lowest BCUT2D eigenvalue weighted by molar-refractivity contribution is -0.141. The molecule has 1 aromatic rings. The molecule has 2 N–H and O–H groups in total. The highest BCUT2D eigenvalue weighted by Crippen LogP contribution is 2.21. The molecule has 1 amide bonds. The van der Waals surface area contributed by atoms with Gasteiger partial charge in [-0.2, -0.15) is 0 Å². The van der Waals surface area contributed by atoms with Crippen LogP contribution in [0.25, 0.3) is 0 Å². The van der Waals surface area contributed by atoms with Gasteiger partial charge in [-0.05, 0) is 12.1 Å². The zero-order valence-electron chi connectivity index (χ0n) is 9.41. The summed E-state index contributed by atoms with van der Waals surface area (Å²) in [7, 11) is 0. The minimum Gasteiger partial charge on any atom is -0.480 e. The molecule has 18 heavy (non-hydrogen) atoms. The van der Waals surface area contributed by atoms with E-state index in [4.69, 9.17) is 5.11 Å². The second-order valence-corrected chi connectivity index (χ2v) is 4.18. The van der Waals surface area contributed by atoms with Crippen molar-refractivity contribution in [2.75, 3.05) is 6.54 Å². The van der Waals surface area contributed by atoms with Crippen molar-refractivity contribution in [3.05, 3.63) is 35.6 Å². The number of likely N-dealkylation sites (tertiary alicyclic amines) is 1. The quantitative estimate of drug-likeness (QED) is 0.804. The molecule has 0 saturated carbocycles. The molecule has 2 unspecified atom stereocenters. The molecule has 1 fully saturated rings. The molecule has 0 spiro atoms. The average Bonchev–Trinajstić information content (AvgIpc) is 2.71. The van der Waals surface area contributed by atoms with Crippen LogP contribution in [0, 0.1) is 5.82 Å². The number of hydrogen-bond donors (Lipinski definition) is 2. The predicted octanol–water partition coefficient (Wildman–Crippen LogP) is 0.486. The molecule has 0 aromatic heterocycles. The lowest BCUT2D eigenvalue weighted by Gasteiger charge is -2.21. The van der Waals surface area contributed by atoms with Crippen molar-refractivity contribution in [2.24, 2.45) is 0 Å². The van der Waals surface area contributed by atoms with Gasteiger partial charge in [-0.15, -0.1) is 0 Å². The fourth-order valence-corrected chi connectivity index (χ4v) is 2.06. The predicted molar refractivity (Wildman–Crippen MR) is 59.5 cm³/mol. The van der Waals surface area contributed by atoms with Gasteiger partial charge in [0.05, 0.1) is 11.7 Å². The van der Waals surface area contributed by atoms with Gasteiger partial charge in [0.2, 0.25) is 0 Å². The second-order valence-electron chi connectivity index (χ2n) is 4.18. The highest BCUT2D eigenvalue weighted by molar-refractivity contribution is 5.97. The van der Waals surface area contributed by atoms with Gasteiger partial charge in [0, 0.05) is 13.0 Å². The SMILES string of the molecule is O=C(O)C1CC(O)CN1C(=O)c1ccccc1F. The largest absolute Gasteiger partial charge is 0.480 e. The lowest BCUT2D eigenvalue weighted by Crippen LogP contribution is -2.40. The molecule has 1 aromatic carbocycles. The molecule has 1 heterocycles. The molecule has 5 nitrogen and oxygen atoms in total. The number of β-amino-alcohol motifs (C(OH)–C–C–N with tert-alkyl or cyclic N) is 1. The topological polar surface area (TPSA) is 77.8 Å². The zero-order chi connectivity index (χ0) is 13.3. The third-order valence-corrected chi connectivity index (χ3v) is 2.93. The van der Waals surface area contributed by atoms with Gasteiger partial charge < -0.3 is 15.1 Å². The Hall–Kier alpha value is -1.95. The van der Waals surface area contributed by atoms with E-state index in [-0.39, 0.29) is 18.5 Å². The van der Waals surface area contributed by atoms with Gasteiger partial charge in [0.1, 0.15) is 11.9 Å². The van der Waals surface area contributed by atoms with E-state index in [1.54, 1.807) is 0 Å². The van der Waals surface area contributed by atoms with E-state index in [1.165, 1.54) is 18.2 Å². The minimum atomic E-state index is -1.20. The van der Waals surface area contributed by atoms with Crippen LogP contribution in [0.1, 0.15) is 16.8 Å². The normalized spacial score (nSPS) is 23.1. The van der Waals surface area contributed by atoms with Gasteiger partial charge in [0.25, 0.3) is 5.91 Å². The number of rotatable bonds is 2. The number of hydrogen-bond acceptors (Lipinski definition) is 3. The number of aliphatic hydroxyl groups excluding tert-OH is 1. The van der Waals surface area contributed by atoms with Crippen molar-refractivity contribution in [2.45, 2.75) is 18.6 Å². The van der Waals surface area contributed by atoms with Crippen molar-refractivity contribution in [3.63, 3.8) is 0 Å². The average molecular weight is 253 g/mol. The molecule has 1 saturated heterocycles. The number of amides is 1. The van der Waals surface area contributed by atoms with Gasteiger partial charge in [-0.1, -0.05) is 12.1 Å². The third-order valence-electron chi connectivity index (χ3n) is 2.93. The molecule has 2 rings (SSSR count). The Morgan fingerprint density at radius 2 is 2.00 bits per heavy atom. The van der Waals surface area contributed by atoms with Gasteiger partial charge in [-0.25, -0.2) is 9.18 Å². The van der Waals surface area contributed by atoms with Crippen LogP contribution >= 0.6 is 0 Å². The van der Waals surface area contributed by atoms with Crippen LogP contribution in [0.2, 0.25) is 0 Å². The summed E-state index contributed by atoms with van der Waals surface area (Å²) in [5.41, 5.74) is -0.183. The number of nitrogens with zero attached hydrogens (tertiary/aromatic N) is 1. The van der Waals surface area contributed by atoms with Crippen LogP contribution in [0.5, 0.6) is 0 Å². The Morgan fingerprint density at radius 3 is 2.61 bits per heavy atom. The van der Waals surface area contributed by atoms with Crippen molar-refractivity contribution < 1.29 is 24.2 Å². The van der Waals surface area contributed by atoms with Gasteiger partial charge >= 0.3 is 5.97 Å². The summed E-state index contributed by atoms with van der Waals surface area (Å²) in [4.78, 5) is 24.0. The fourth-order valence-electron chi connectivity index (χ4n) is 2.06. The Labute approximate surface area is 102 Å². The molecular formula is C12H12FNO4. The molecule has 0 bridgehead atoms. The summed E-state index contributed by atoms with van der Waals surface area (Å²) in [5, 5.41) is 18.4. The summed E-state index contributed by atoms with van der Waals surface area (Å²) in [6.45, 7) is -0.0931. The lowest BCUT2D eigenvalue weighted by atomic mass is 10.1. The number of aliphatic carboxylic acids is 1. The van der Waals surface area contributed by atoms with E-state index >= 15 is 0 Å². The van der Waals surface area contributed by atoms with Crippen LogP contribution in [0.3, 0.4) is 0 Å². The van der Waals surface area contributed by atoms with Crippen molar-refractivity contribution in [3.8, 4) is 0 Å². The zero-order valence-corrected chi connectivity index (χ0v) is 9.41. The fraction of sp³-hybridized carbons (Fsp3) is 0.333. The Morgan fingerprint density at radius 1 is 1.33 bits per heavy atom. The van der Waals surface area contributed by atoms with Crippen molar-refractivity contribution >= 4 is 11.9 Å². The first kappa shape index (κ1) is 12.5. The van der Waals surface area contributed by atoms with Crippen LogP contribution < -0.4 is 0 Å². The van der Waals surface area contributed by atoms with Gasteiger partial charge in [-0.3, -0.25) is 4.79 Å². The minimum absolute atomic E-state index is 0.0322. The first-order chi connectivity index (χ1) is 8.50. The Bertz CT molecular complexity index is 491. The van der Waals surface area contributed by atoms with Crippen molar-refractivity contribution in [1.82, 2.24) is 4.90 Å². The third kappa shape index (κ3) is 2.19. The van der Waals surface area contributed by atoms with Crippen LogP contribution in [0.4, 0.5) is 4.39 Å². The van der Waals surface area contributed by atoms with E-state index in [0.717, 1.165) is 11.0 Å². The maximum atomic E-state index is 13.5. The summed E-state index contributed by atoms with van der Waals surface area (Å²) < 4.78 is 13.5. The van der Waals surface area contributed by atoms with E-state index in [0.29, 0.717) is 0 Å². The number of aliphatic hydroxyl groups is 1. The summed E-state index contributed by atoms with van der Waals surface area (Å²) in [6.07, 6.45) is -0.919. The first-order valence-corrected chi connectivity index (χ1v) is 5.47. The standard InChI is InChI=1S/C12H12FNO4/c13-9-4-2-1-3-8(9)11(16)14-6-7(15)5-10(14)12(17)18/h1-4,7,10,15H,5-6H2,(H,17,18). The molecular weight excluding hydrogens is 241 g/mol. The number of halogens is 1. The Kier molecular flexibility index (Phi) is 3.29. The van der Waals surface area contributed by atoms with Crippen LogP contribution in [-0.4, -0.2) is 45.7 Å². The second kappa shape index (κ2) is 4.73. The summed E-state index contributed by atoms with van der Waals surface area (Å²) in [6, 6.07) is 4.27. The monoisotopic (exact) mass is 253 g/mol. The molecule has 0 aliphatic carbocycles. The summed E-state index contributed by atoms with van der Waals surface area (Å²) in [5.74, 6) is -2.61.